The van der Waals surface area contributed by atoms with E-state index in [-0.39, 0.29) is 0 Å². The molecule has 0 saturated heterocycles. The fraction of sp³-hybridized carbons (Fsp3) is 0.250. The van der Waals surface area contributed by atoms with Gasteiger partial charge in [-0.05, 0) is 18.6 Å². The minimum atomic E-state index is 0.548. The Morgan fingerprint density at radius 3 is 2.65 bits per heavy atom. The Morgan fingerprint density at radius 2 is 2.00 bits per heavy atom. The summed E-state index contributed by atoms with van der Waals surface area (Å²) in [5.41, 5.74) is 0. The predicted octanol–water partition coefficient (Wildman–Crippen LogP) is 4.46. The van der Waals surface area contributed by atoms with Gasteiger partial charge >= 0.3 is 0 Å². The summed E-state index contributed by atoms with van der Waals surface area (Å²) in [6.45, 7) is 0.586. The highest BCUT2D eigenvalue weighted by Crippen LogP contribution is 2.32. The standard InChI is InChI=1S/C12H11Cl2NOS/c13-9-3-1-4-10(14)12(9)16-7-2-5-11-15-6-8-17-11/h1,3-4,6,8H,2,5,7H2. The molecule has 0 aliphatic heterocycles. The van der Waals surface area contributed by atoms with Gasteiger partial charge in [0.2, 0.25) is 0 Å². The van der Waals surface area contributed by atoms with E-state index in [1.165, 1.54) is 0 Å². The van der Waals surface area contributed by atoms with Gasteiger partial charge in [0, 0.05) is 18.0 Å². The predicted molar refractivity (Wildman–Crippen MR) is 72.4 cm³/mol. The molecule has 1 heterocycles. The van der Waals surface area contributed by atoms with Crippen LogP contribution >= 0.6 is 34.5 Å². The molecule has 0 bridgehead atoms. The zero-order valence-corrected chi connectivity index (χ0v) is 11.4. The number of para-hydroxylation sites is 1. The second-order valence-corrected chi connectivity index (χ2v) is 5.22. The van der Waals surface area contributed by atoms with Crippen molar-refractivity contribution in [3.8, 4) is 5.75 Å². The second-order valence-electron chi connectivity index (χ2n) is 3.43. The van der Waals surface area contributed by atoms with Gasteiger partial charge in [0.1, 0.15) is 0 Å². The van der Waals surface area contributed by atoms with Gasteiger partial charge < -0.3 is 4.74 Å². The number of rotatable bonds is 5. The maximum atomic E-state index is 5.99. The zero-order valence-electron chi connectivity index (χ0n) is 9.03. The monoisotopic (exact) mass is 287 g/mol. The molecule has 0 aliphatic rings. The van der Waals surface area contributed by atoms with Crippen LogP contribution in [0.15, 0.2) is 29.8 Å². The Labute approximate surface area is 114 Å². The summed E-state index contributed by atoms with van der Waals surface area (Å²) in [4.78, 5) is 4.21. The molecule has 0 saturated carbocycles. The largest absolute Gasteiger partial charge is 0.490 e. The summed E-state index contributed by atoms with van der Waals surface area (Å²) >= 11 is 13.6. The number of hydrogen-bond acceptors (Lipinski definition) is 3. The maximum absolute atomic E-state index is 5.99. The number of benzene rings is 1. The fourth-order valence-electron chi connectivity index (χ4n) is 1.39. The number of halogens is 2. The highest BCUT2D eigenvalue weighted by atomic mass is 35.5. The molecule has 2 aromatic rings. The Kier molecular flexibility index (Phi) is 4.66. The van der Waals surface area contributed by atoms with Crippen molar-refractivity contribution < 1.29 is 4.74 Å². The Hall–Kier alpha value is -0.770. The second kappa shape index (κ2) is 6.24. The van der Waals surface area contributed by atoms with Gasteiger partial charge in [-0.1, -0.05) is 29.3 Å². The first-order valence-corrected chi connectivity index (χ1v) is 6.86. The van der Waals surface area contributed by atoms with Gasteiger partial charge in [-0.25, -0.2) is 4.98 Å². The number of thiazole rings is 1. The summed E-state index contributed by atoms with van der Waals surface area (Å²) in [5, 5.41) is 4.19. The minimum absolute atomic E-state index is 0.548. The molecular weight excluding hydrogens is 277 g/mol. The molecule has 0 atom stereocenters. The molecule has 0 fully saturated rings. The third-order valence-electron chi connectivity index (χ3n) is 2.18. The number of ether oxygens (including phenoxy) is 1. The molecule has 0 amide bonds. The average molecular weight is 288 g/mol. The van der Waals surface area contributed by atoms with E-state index in [1.807, 2.05) is 11.6 Å². The van der Waals surface area contributed by atoms with Crippen LogP contribution in [-0.4, -0.2) is 11.6 Å². The van der Waals surface area contributed by atoms with Crippen molar-refractivity contribution in [2.45, 2.75) is 12.8 Å². The van der Waals surface area contributed by atoms with E-state index in [9.17, 15) is 0 Å². The number of nitrogens with zero attached hydrogens (tertiary/aromatic N) is 1. The van der Waals surface area contributed by atoms with Crippen LogP contribution in [-0.2, 0) is 6.42 Å². The van der Waals surface area contributed by atoms with Crippen LogP contribution in [0.4, 0.5) is 0 Å². The van der Waals surface area contributed by atoms with Crippen LogP contribution in [0.5, 0.6) is 5.75 Å². The summed E-state index contributed by atoms with van der Waals surface area (Å²) in [7, 11) is 0. The summed E-state index contributed by atoms with van der Waals surface area (Å²) in [6.07, 6.45) is 3.63. The van der Waals surface area contributed by atoms with Gasteiger partial charge in [0.15, 0.2) is 5.75 Å². The van der Waals surface area contributed by atoms with E-state index in [0.29, 0.717) is 22.4 Å². The van der Waals surface area contributed by atoms with E-state index < -0.39 is 0 Å². The smallest absolute Gasteiger partial charge is 0.156 e. The summed E-state index contributed by atoms with van der Waals surface area (Å²) in [5.74, 6) is 0.565. The van der Waals surface area contributed by atoms with Crippen LogP contribution in [0.1, 0.15) is 11.4 Å². The van der Waals surface area contributed by atoms with Crippen molar-refractivity contribution in [2.24, 2.45) is 0 Å². The molecule has 0 aliphatic carbocycles. The molecular formula is C12H11Cl2NOS. The maximum Gasteiger partial charge on any atom is 0.156 e. The lowest BCUT2D eigenvalue weighted by Crippen LogP contribution is -2.00. The van der Waals surface area contributed by atoms with E-state index in [1.54, 1.807) is 29.5 Å². The third-order valence-corrected chi connectivity index (χ3v) is 3.62. The molecule has 1 aromatic heterocycles. The lowest BCUT2D eigenvalue weighted by molar-refractivity contribution is 0.311. The molecule has 0 spiro atoms. The normalized spacial score (nSPS) is 10.5. The SMILES string of the molecule is Clc1cccc(Cl)c1OCCCc1nccs1. The minimum Gasteiger partial charge on any atom is -0.490 e. The van der Waals surface area contributed by atoms with Gasteiger partial charge in [0.25, 0.3) is 0 Å². The van der Waals surface area contributed by atoms with Crippen molar-refractivity contribution in [3.05, 3.63) is 44.8 Å². The first-order chi connectivity index (χ1) is 8.27. The molecule has 0 N–H and O–H groups in total. The van der Waals surface area contributed by atoms with Gasteiger partial charge in [-0.2, -0.15) is 0 Å². The molecule has 2 rings (SSSR count). The molecule has 2 nitrogen and oxygen atoms in total. The highest BCUT2D eigenvalue weighted by Gasteiger charge is 2.06. The van der Waals surface area contributed by atoms with Crippen molar-refractivity contribution in [2.75, 3.05) is 6.61 Å². The van der Waals surface area contributed by atoms with Crippen LogP contribution in [0.3, 0.4) is 0 Å². The van der Waals surface area contributed by atoms with Gasteiger partial charge in [-0.15, -0.1) is 11.3 Å². The van der Waals surface area contributed by atoms with E-state index in [2.05, 4.69) is 4.98 Å². The van der Waals surface area contributed by atoms with Crippen molar-refractivity contribution in [3.63, 3.8) is 0 Å². The Balaban J connectivity index is 1.82. The lowest BCUT2D eigenvalue weighted by Gasteiger charge is -2.08. The quantitative estimate of drug-likeness (QED) is 0.758. The van der Waals surface area contributed by atoms with Gasteiger partial charge in [0.05, 0.1) is 21.7 Å². The van der Waals surface area contributed by atoms with Crippen LogP contribution in [0, 0.1) is 0 Å². The lowest BCUT2D eigenvalue weighted by atomic mass is 10.3. The highest BCUT2D eigenvalue weighted by molar-refractivity contribution is 7.09. The number of aromatic nitrogens is 1. The van der Waals surface area contributed by atoms with E-state index in [4.69, 9.17) is 27.9 Å². The molecule has 90 valence electrons. The topological polar surface area (TPSA) is 22.1 Å². The van der Waals surface area contributed by atoms with Gasteiger partial charge in [-0.3, -0.25) is 0 Å². The van der Waals surface area contributed by atoms with E-state index in [0.717, 1.165) is 17.8 Å². The van der Waals surface area contributed by atoms with Crippen LogP contribution in [0.2, 0.25) is 10.0 Å². The zero-order chi connectivity index (χ0) is 12.1. The summed E-state index contributed by atoms with van der Waals surface area (Å²) < 4.78 is 5.58. The summed E-state index contributed by atoms with van der Waals surface area (Å²) in [6, 6.07) is 5.33. The Morgan fingerprint density at radius 1 is 1.24 bits per heavy atom. The molecule has 0 radical (unpaired) electrons. The first-order valence-electron chi connectivity index (χ1n) is 5.22. The number of aryl methyl sites for hydroxylation is 1. The van der Waals surface area contributed by atoms with Crippen molar-refractivity contribution in [1.82, 2.24) is 4.98 Å². The fourth-order valence-corrected chi connectivity index (χ4v) is 2.56. The van der Waals surface area contributed by atoms with Crippen LogP contribution in [0.25, 0.3) is 0 Å². The van der Waals surface area contributed by atoms with Crippen molar-refractivity contribution in [1.29, 1.82) is 0 Å². The van der Waals surface area contributed by atoms with Crippen molar-refractivity contribution >= 4 is 34.5 Å². The van der Waals surface area contributed by atoms with Crippen LogP contribution < -0.4 is 4.74 Å². The molecule has 5 heteroatoms. The Bertz CT molecular complexity index is 453. The molecule has 1 aromatic carbocycles. The third kappa shape index (κ3) is 3.60. The molecule has 17 heavy (non-hydrogen) atoms. The first kappa shape index (κ1) is 12.7. The molecule has 0 unspecified atom stereocenters. The van der Waals surface area contributed by atoms with E-state index >= 15 is 0 Å². The number of hydrogen-bond donors (Lipinski definition) is 0. The average Bonchev–Trinajstić information content (AvgIpc) is 2.80.